The maximum atomic E-state index is 5.76. The third-order valence-corrected chi connectivity index (χ3v) is 2.90. The maximum absolute atomic E-state index is 5.76. The van der Waals surface area contributed by atoms with E-state index in [0.717, 1.165) is 18.5 Å². The first-order valence-electron chi connectivity index (χ1n) is 4.77. The minimum atomic E-state index is 0.356. The van der Waals surface area contributed by atoms with E-state index >= 15 is 0 Å². The van der Waals surface area contributed by atoms with Crippen molar-refractivity contribution in [2.75, 3.05) is 13.1 Å². The van der Waals surface area contributed by atoms with E-state index in [-0.39, 0.29) is 0 Å². The first-order valence-corrected chi connectivity index (χ1v) is 4.77. The van der Waals surface area contributed by atoms with E-state index in [1.807, 2.05) is 0 Å². The molecule has 0 aromatic carbocycles. The molecule has 1 aliphatic heterocycles. The first-order chi connectivity index (χ1) is 5.27. The fraction of sp³-hybridized carbons (Fsp3) is 1.00. The highest BCUT2D eigenvalue weighted by Gasteiger charge is 2.43. The van der Waals surface area contributed by atoms with E-state index in [9.17, 15) is 0 Å². The Kier molecular flexibility index (Phi) is 1.90. The summed E-state index contributed by atoms with van der Waals surface area (Å²) in [4.78, 5) is 2.58. The van der Waals surface area contributed by atoms with Crippen molar-refractivity contribution in [3.05, 3.63) is 0 Å². The summed E-state index contributed by atoms with van der Waals surface area (Å²) in [6, 6.07) is 1.28. The smallest absolute Gasteiger partial charge is 0.0139 e. The molecule has 2 N–H and O–H groups in total. The average Bonchev–Trinajstić information content (AvgIpc) is 2.65. The average molecular weight is 154 g/mol. The van der Waals surface area contributed by atoms with Crippen LogP contribution in [0.25, 0.3) is 0 Å². The van der Waals surface area contributed by atoms with Crippen molar-refractivity contribution in [2.45, 2.75) is 38.3 Å². The minimum Gasteiger partial charge on any atom is -0.327 e. The van der Waals surface area contributed by atoms with Gasteiger partial charge in [-0.05, 0) is 38.6 Å². The SMILES string of the molecule is CC(N)CN1CCCC2CC21. The van der Waals surface area contributed by atoms with Gasteiger partial charge in [-0.15, -0.1) is 0 Å². The summed E-state index contributed by atoms with van der Waals surface area (Å²) < 4.78 is 0. The van der Waals surface area contributed by atoms with Gasteiger partial charge in [0.1, 0.15) is 0 Å². The molecule has 1 heterocycles. The van der Waals surface area contributed by atoms with Gasteiger partial charge in [0.2, 0.25) is 0 Å². The van der Waals surface area contributed by atoms with Crippen LogP contribution in [0.3, 0.4) is 0 Å². The number of nitrogens with two attached hydrogens (primary N) is 1. The van der Waals surface area contributed by atoms with Crippen LogP contribution in [0, 0.1) is 5.92 Å². The van der Waals surface area contributed by atoms with E-state index < -0.39 is 0 Å². The summed E-state index contributed by atoms with van der Waals surface area (Å²) in [6.07, 6.45) is 4.32. The molecule has 3 atom stereocenters. The van der Waals surface area contributed by atoms with Crippen LogP contribution in [0.5, 0.6) is 0 Å². The molecule has 2 heteroatoms. The van der Waals surface area contributed by atoms with Gasteiger partial charge in [0.05, 0.1) is 0 Å². The highest BCUT2D eigenvalue weighted by Crippen LogP contribution is 2.42. The van der Waals surface area contributed by atoms with Crippen molar-refractivity contribution < 1.29 is 0 Å². The van der Waals surface area contributed by atoms with Crippen molar-refractivity contribution in [1.29, 1.82) is 0 Å². The molecular formula is C9H18N2. The Morgan fingerprint density at radius 1 is 1.64 bits per heavy atom. The molecule has 64 valence electrons. The summed E-state index contributed by atoms with van der Waals surface area (Å²) in [5.41, 5.74) is 5.76. The van der Waals surface area contributed by atoms with E-state index in [2.05, 4.69) is 11.8 Å². The van der Waals surface area contributed by atoms with Crippen molar-refractivity contribution in [3.63, 3.8) is 0 Å². The van der Waals surface area contributed by atoms with Crippen LogP contribution in [0.4, 0.5) is 0 Å². The molecule has 1 saturated heterocycles. The fourth-order valence-corrected chi connectivity index (χ4v) is 2.31. The van der Waals surface area contributed by atoms with Gasteiger partial charge in [0.15, 0.2) is 0 Å². The molecule has 2 rings (SSSR count). The zero-order chi connectivity index (χ0) is 7.84. The minimum absolute atomic E-state index is 0.356. The normalized spacial score (nSPS) is 39.8. The molecule has 2 fully saturated rings. The molecule has 0 bridgehead atoms. The molecule has 2 aliphatic rings. The van der Waals surface area contributed by atoms with Crippen LogP contribution in [0.2, 0.25) is 0 Å². The lowest BCUT2D eigenvalue weighted by Gasteiger charge is -2.27. The predicted octanol–water partition coefficient (Wildman–Crippen LogP) is 0.818. The van der Waals surface area contributed by atoms with Gasteiger partial charge in [-0.2, -0.15) is 0 Å². The number of likely N-dealkylation sites (tertiary alicyclic amines) is 1. The summed E-state index contributed by atoms with van der Waals surface area (Å²) in [6.45, 7) is 4.51. The van der Waals surface area contributed by atoms with Gasteiger partial charge < -0.3 is 5.73 Å². The monoisotopic (exact) mass is 154 g/mol. The molecule has 0 spiro atoms. The van der Waals surface area contributed by atoms with E-state index in [4.69, 9.17) is 5.73 Å². The van der Waals surface area contributed by atoms with Crippen LogP contribution >= 0.6 is 0 Å². The highest BCUT2D eigenvalue weighted by molar-refractivity contribution is 4.98. The van der Waals surface area contributed by atoms with E-state index in [1.54, 1.807) is 0 Å². The molecule has 1 saturated carbocycles. The number of hydrogen-bond donors (Lipinski definition) is 1. The molecule has 0 aromatic rings. The fourth-order valence-electron chi connectivity index (χ4n) is 2.31. The van der Waals surface area contributed by atoms with E-state index in [0.29, 0.717) is 6.04 Å². The van der Waals surface area contributed by atoms with E-state index in [1.165, 1.54) is 25.8 Å². The predicted molar refractivity (Wildman–Crippen MR) is 46.4 cm³/mol. The Morgan fingerprint density at radius 2 is 2.45 bits per heavy atom. The number of rotatable bonds is 2. The zero-order valence-electron chi connectivity index (χ0n) is 7.29. The summed E-state index contributed by atoms with van der Waals surface area (Å²) >= 11 is 0. The third kappa shape index (κ3) is 1.57. The second-order valence-electron chi connectivity index (χ2n) is 4.18. The molecule has 1 aliphatic carbocycles. The molecule has 2 nitrogen and oxygen atoms in total. The molecule has 11 heavy (non-hydrogen) atoms. The van der Waals surface area contributed by atoms with Crippen molar-refractivity contribution >= 4 is 0 Å². The van der Waals surface area contributed by atoms with Gasteiger partial charge in [-0.3, -0.25) is 4.90 Å². The van der Waals surface area contributed by atoms with Crippen molar-refractivity contribution in [2.24, 2.45) is 11.7 Å². The lowest BCUT2D eigenvalue weighted by molar-refractivity contribution is 0.206. The quantitative estimate of drug-likeness (QED) is 0.638. The lowest BCUT2D eigenvalue weighted by Crippen LogP contribution is -2.40. The molecule has 0 radical (unpaired) electrons. The van der Waals surface area contributed by atoms with Gasteiger partial charge >= 0.3 is 0 Å². The molecular weight excluding hydrogens is 136 g/mol. The highest BCUT2D eigenvalue weighted by atomic mass is 15.2. The van der Waals surface area contributed by atoms with Gasteiger partial charge in [0.25, 0.3) is 0 Å². The largest absolute Gasteiger partial charge is 0.327 e. The second kappa shape index (κ2) is 2.76. The van der Waals surface area contributed by atoms with Gasteiger partial charge in [-0.1, -0.05) is 0 Å². The first kappa shape index (κ1) is 7.56. The molecule has 3 unspecified atom stereocenters. The standard InChI is InChI=1S/C9H18N2/c1-7(10)6-11-4-2-3-8-5-9(8)11/h7-9H,2-6,10H2,1H3. The molecule has 0 aromatic heterocycles. The Bertz CT molecular complexity index is 144. The van der Waals surface area contributed by atoms with Crippen LogP contribution < -0.4 is 5.73 Å². The number of nitrogens with zero attached hydrogens (tertiary/aromatic N) is 1. The van der Waals surface area contributed by atoms with Crippen LogP contribution in [0.15, 0.2) is 0 Å². The lowest BCUT2D eigenvalue weighted by atomic mass is 10.1. The summed E-state index contributed by atoms with van der Waals surface area (Å²) in [7, 11) is 0. The topological polar surface area (TPSA) is 29.3 Å². The second-order valence-corrected chi connectivity index (χ2v) is 4.18. The maximum Gasteiger partial charge on any atom is 0.0139 e. The van der Waals surface area contributed by atoms with Gasteiger partial charge in [0, 0.05) is 18.6 Å². The third-order valence-electron chi connectivity index (χ3n) is 2.90. The molecule has 0 amide bonds. The van der Waals surface area contributed by atoms with Gasteiger partial charge in [-0.25, -0.2) is 0 Å². The Balaban J connectivity index is 1.83. The van der Waals surface area contributed by atoms with Crippen molar-refractivity contribution in [3.8, 4) is 0 Å². The van der Waals surface area contributed by atoms with Crippen LogP contribution in [-0.2, 0) is 0 Å². The zero-order valence-corrected chi connectivity index (χ0v) is 7.29. The summed E-state index contributed by atoms with van der Waals surface area (Å²) in [5.74, 6) is 1.04. The van der Waals surface area contributed by atoms with Crippen LogP contribution in [0.1, 0.15) is 26.2 Å². The van der Waals surface area contributed by atoms with Crippen molar-refractivity contribution in [1.82, 2.24) is 4.90 Å². The Hall–Kier alpha value is -0.0800. The number of piperidine rings is 1. The Morgan fingerprint density at radius 3 is 3.18 bits per heavy atom. The Labute approximate surface area is 68.7 Å². The number of fused-ring (bicyclic) bond motifs is 1. The van der Waals surface area contributed by atoms with Crippen LogP contribution in [-0.4, -0.2) is 30.1 Å². The number of hydrogen-bond acceptors (Lipinski definition) is 2. The summed E-state index contributed by atoms with van der Waals surface area (Å²) in [5, 5.41) is 0.